The van der Waals surface area contributed by atoms with E-state index in [1.807, 2.05) is 0 Å². The molecule has 1 aromatic carbocycles. The first kappa shape index (κ1) is 15.7. The predicted molar refractivity (Wildman–Crippen MR) is 84.0 cm³/mol. The van der Waals surface area contributed by atoms with Crippen molar-refractivity contribution in [2.45, 2.75) is 40.0 Å². The molecule has 0 aromatic heterocycles. The Hall–Kier alpha value is -0.340. The molecule has 1 atom stereocenters. The van der Waals surface area contributed by atoms with Gasteiger partial charge in [-0.15, -0.1) is 0 Å². The minimum absolute atomic E-state index is 0.732. The molecule has 18 heavy (non-hydrogen) atoms. The lowest BCUT2D eigenvalue weighted by molar-refractivity contribution is 0.385. The van der Waals surface area contributed by atoms with Crippen molar-refractivity contribution in [1.29, 1.82) is 0 Å². The molecular weight excluding hydrogens is 286 g/mol. The Balaban J connectivity index is 2.57. The normalized spacial score (nSPS) is 12.9. The van der Waals surface area contributed by atoms with Gasteiger partial charge in [-0.05, 0) is 55.8 Å². The molecule has 102 valence electrons. The molecule has 0 amide bonds. The third-order valence-corrected chi connectivity index (χ3v) is 3.90. The van der Waals surface area contributed by atoms with Gasteiger partial charge in [0.25, 0.3) is 0 Å². The monoisotopic (exact) mass is 311 g/mol. The molecule has 0 radical (unpaired) electrons. The third kappa shape index (κ3) is 6.01. The topological polar surface area (TPSA) is 12.0 Å². The summed E-state index contributed by atoms with van der Waals surface area (Å²) in [6, 6.07) is 8.59. The molecule has 1 rings (SSSR count). The van der Waals surface area contributed by atoms with Gasteiger partial charge in [-0.2, -0.15) is 0 Å². The SMILES string of the molecule is CCCNCC(Cc1ccccc1Br)CC(C)C. The van der Waals surface area contributed by atoms with Gasteiger partial charge in [0.2, 0.25) is 0 Å². The van der Waals surface area contributed by atoms with E-state index in [4.69, 9.17) is 0 Å². The summed E-state index contributed by atoms with van der Waals surface area (Å²) in [7, 11) is 0. The van der Waals surface area contributed by atoms with Gasteiger partial charge in [0.15, 0.2) is 0 Å². The summed E-state index contributed by atoms with van der Waals surface area (Å²) in [6.07, 6.45) is 3.66. The number of hydrogen-bond acceptors (Lipinski definition) is 1. The fraction of sp³-hybridized carbons (Fsp3) is 0.625. The molecular formula is C16H26BrN. The van der Waals surface area contributed by atoms with Crippen LogP contribution in [0.25, 0.3) is 0 Å². The summed E-state index contributed by atoms with van der Waals surface area (Å²) < 4.78 is 1.24. The molecule has 0 aliphatic carbocycles. The zero-order chi connectivity index (χ0) is 13.4. The van der Waals surface area contributed by atoms with Crippen LogP contribution in [0, 0.1) is 11.8 Å². The zero-order valence-corrected chi connectivity index (χ0v) is 13.5. The molecule has 1 nitrogen and oxygen atoms in total. The van der Waals surface area contributed by atoms with Gasteiger partial charge in [0, 0.05) is 4.47 Å². The molecule has 0 saturated carbocycles. The maximum Gasteiger partial charge on any atom is 0.0207 e. The number of rotatable bonds is 8. The highest BCUT2D eigenvalue weighted by molar-refractivity contribution is 9.10. The summed E-state index contributed by atoms with van der Waals surface area (Å²) in [4.78, 5) is 0. The lowest BCUT2D eigenvalue weighted by Crippen LogP contribution is -2.26. The van der Waals surface area contributed by atoms with Crippen molar-refractivity contribution in [1.82, 2.24) is 5.32 Å². The van der Waals surface area contributed by atoms with Crippen LogP contribution in [0.3, 0.4) is 0 Å². The maximum atomic E-state index is 3.65. The Bertz CT molecular complexity index is 336. The molecule has 1 N–H and O–H groups in total. The molecule has 0 heterocycles. The number of benzene rings is 1. The first-order valence-corrected chi connectivity index (χ1v) is 7.86. The molecule has 0 spiro atoms. The Labute approximate surface area is 120 Å². The van der Waals surface area contributed by atoms with Crippen molar-refractivity contribution in [3.8, 4) is 0 Å². The van der Waals surface area contributed by atoms with Gasteiger partial charge < -0.3 is 5.32 Å². The highest BCUT2D eigenvalue weighted by Gasteiger charge is 2.12. The quantitative estimate of drug-likeness (QED) is 0.689. The minimum atomic E-state index is 0.732. The van der Waals surface area contributed by atoms with E-state index in [0.29, 0.717) is 0 Å². The van der Waals surface area contributed by atoms with E-state index < -0.39 is 0 Å². The molecule has 1 aromatic rings. The molecule has 2 heteroatoms. The van der Waals surface area contributed by atoms with E-state index >= 15 is 0 Å². The predicted octanol–water partition coefficient (Wildman–Crippen LogP) is 4.65. The van der Waals surface area contributed by atoms with Gasteiger partial charge in [-0.25, -0.2) is 0 Å². The molecule has 0 aliphatic heterocycles. The van der Waals surface area contributed by atoms with Gasteiger partial charge >= 0.3 is 0 Å². The van der Waals surface area contributed by atoms with Crippen LogP contribution in [0.15, 0.2) is 28.7 Å². The minimum Gasteiger partial charge on any atom is -0.316 e. The van der Waals surface area contributed by atoms with Gasteiger partial charge in [0.1, 0.15) is 0 Å². The lowest BCUT2D eigenvalue weighted by atomic mass is 9.91. The number of halogens is 1. The lowest BCUT2D eigenvalue weighted by Gasteiger charge is -2.20. The second kappa shape index (κ2) is 8.71. The largest absolute Gasteiger partial charge is 0.316 e. The molecule has 0 bridgehead atoms. The van der Waals surface area contributed by atoms with Gasteiger partial charge in [0.05, 0.1) is 0 Å². The van der Waals surface area contributed by atoms with Crippen molar-refractivity contribution in [3.63, 3.8) is 0 Å². The van der Waals surface area contributed by atoms with E-state index in [9.17, 15) is 0 Å². The first-order chi connectivity index (χ1) is 8.63. The van der Waals surface area contributed by atoms with Crippen LogP contribution in [0.4, 0.5) is 0 Å². The van der Waals surface area contributed by atoms with Crippen molar-refractivity contribution in [2.24, 2.45) is 11.8 Å². The zero-order valence-electron chi connectivity index (χ0n) is 11.9. The van der Waals surface area contributed by atoms with Crippen LogP contribution >= 0.6 is 15.9 Å². The van der Waals surface area contributed by atoms with Crippen LogP contribution in [0.2, 0.25) is 0 Å². The number of nitrogens with one attached hydrogen (secondary N) is 1. The Morgan fingerprint density at radius 2 is 1.94 bits per heavy atom. The Morgan fingerprint density at radius 1 is 1.22 bits per heavy atom. The van der Waals surface area contributed by atoms with E-state index in [2.05, 4.69) is 66.3 Å². The molecule has 0 fully saturated rings. The fourth-order valence-corrected chi connectivity index (χ4v) is 2.81. The molecule has 1 unspecified atom stereocenters. The summed E-state index contributed by atoms with van der Waals surface area (Å²) in [5.74, 6) is 1.50. The van der Waals surface area contributed by atoms with Crippen molar-refractivity contribution < 1.29 is 0 Å². The first-order valence-electron chi connectivity index (χ1n) is 7.07. The van der Waals surface area contributed by atoms with Crippen LogP contribution in [0.1, 0.15) is 39.2 Å². The van der Waals surface area contributed by atoms with Crippen LogP contribution in [0.5, 0.6) is 0 Å². The maximum absolute atomic E-state index is 3.65. The van der Waals surface area contributed by atoms with E-state index in [-0.39, 0.29) is 0 Å². The summed E-state index contributed by atoms with van der Waals surface area (Å²) in [6.45, 7) is 9.11. The van der Waals surface area contributed by atoms with E-state index in [1.165, 1.54) is 22.9 Å². The number of hydrogen-bond donors (Lipinski definition) is 1. The highest BCUT2D eigenvalue weighted by Crippen LogP contribution is 2.22. The molecule has 0 saturated heterocycles. The van der Waals surface area contributed by atoms with Crippen molar-refractivity contribution >= 4 is 15.9 Å². The fourth-order valence-electron chi connectivity index (χ4n) is 2.36. The smallest absolute Gasteiger partial charge is 0.0207 e. The average molecular weight is 312 g/mol. The molecule has 0 aliphatic rings. The second-order valence-electron chi connectivity index (χ2n) is 5.50. The average Bonchev–Trinajstić information content (AvgIpc) is 2.31. The van der Waals surface area contributed by atoms with Crippen molar-refractivity contribution in [2.75, 3.05) is 13.1 Å². The van der Waals surface area contributed by atoms with E-state index in [0.717, 1.165) is 31.3 Å². The Morgan fingerprint density at radius 3 is 2.56 bits per heavy atom. The van der Waals surface area contributed by atoms with Crippen LogP contribution < -0.4 is 5.32 Å². The Kier molecular flexibility index (Phi) is 7.60. The van der Waals surface area contributed by atoms with Crippen LogP contribution in [-0.4, -0.2) is 13.1 Å². The standard InChI is InChI=1S/C16H26BrN/c1-4-9-18-12-14(10-13(2)3)11-15-7-5-6-8-16(15)17/h5-8,13-14,18H,4,9-12H2,1-3H3. The van der Waals surface area contributed by atoms with Crippen LogP contribution in [-0.2, 0) is 6.42 Å². The highest BCUT2D eigenvalue weighted by atomic mass is 79.9. The second-order valence-corrected chi connectivity index (χ2v) is 6.35. The van der Waals surface area contributed by atoms with Gasteiger partial charge in [-0.1, -0.05) is 54.9 Å². The van der Waals surface area contributed by atoms with E-state index in [1.54, 1.807) is 0 Å². The van der Waals surface area contributed by atoms with Gasteiger partial charge in [-0.3, -0.25) is 0 Å². The summed E-state index contributed by atoms with van der Waals surface area (Å²) >= 11 is 3.65. The van der Waals surface area contributed by atoms with Crippen molar-refractivity contribution in [3.05, 3.63) is 34.3 Å². The summed E-state index contributed by atoms with van der Waals surface area (Å²) in [5, 5.41) is 3.56. The third-order valence-electron chi connectivity index (χ3n) is 3.13. The summed E-state index contributed by atoms with van der Waals surface area (Å²) in [5.41, 5.74) is 1.43.